The largest absolute Gasteiger partial charge is 0.491 e. The van der Waals surface area contributed by atoms with Gasteiger partial charge in [0.15, 0.2) is 0 Å². The van der Waals surface area contributed by atoms with Gasteiger partial charge in [0, 0.05) is 24.7 Å². The van der Waals surface area contributed by atoms with E-state index in [-0.39, 0.29) is 29.8 Å². The zero-order valence-corrected chi connectivity index (χ0v) is 14.5. The van der Waals surface area contributed by atoms with Crippen LogP contribution in [0.25, 0.3) is 0 Å². The number of likely N-dealkylation sites (tertiary alicyclic amines) is 1. The molecule has 5 heteroatoms. The maximum absolute atomic E-state index is 12.5. The van der Waals surface area contributed by atoms with E-state index in [4.69, 9.17) is 4.74 Å². The van der Waals surface area contributed by atoms with Crippen LogP contribution >= 0.6 is 0 Å². The van der Waals surface area contributed by atoms with Crippen LogP contribution in [-0.2, 0) is 9.59 Å². The SMILES string of the molecule is CC(C)Oc1ccc(NC(=O)[C@@H]2CCCN(C(=O)C3CC3)C2)cc1. The summed E-state index contributed by atoms with van der Waals surface area (Å²) < 4.78 is 5.60. The maximum atomic E-state index is 12.5. The molecule has 0 radical (unpaired) electrons. The van der Waals surface area contributed by atoms with Crippen molar-refractivity contribution < 1.29 is 14.3 Å². The lowest BCUT2D eigenvalue weighted by molar-refractivity contribution is -0.135. The lowest BCUT2D eigenvalue weighted by atomic mass is 9.96. The third kappa shape index (κ3) is 4.28. The van der Waals surface area contributed by atoms with E-state index in [9.17, 15) is 9.59 Å². The molecule has 1 atom stereocenters. The summed E-state index contributed by atoms with van der Waals surface area (Å²) in [5.41, 5.74) is 0.766. The summed E-state index contributed by atoms with van der Waals surface area (Å²) in [6.07, 6.45) is 3.89. The Kier molecular flexibility index (Phi) is 5.07. The number of rotatable bonds is 5. The molecule has 2 amide bonds. The number of nitrogens with one attached hydrogen (secondary N) is 1. The van der Waals surface area contributed by atoms with Crippen molar-refractivity contribution in [1.29, 1.82) is 0 Å². The Balaban J connectivity index is 1.54. The molecule has 0 unspecified atom stereocenters. The normalized spacial score (nSPS) is 20.8. The number of amides is 2. The van der Waals surface area contributed by atoms with Gasteiger partial charge < -0.3 is 15.0 Å². The van der Waals surface area contributed by atoms with E-state index in [0.717, 1.165) is 43.7 Å². The molecular formula is C19H26N2O3. The Morgan fingerprint density at radius 2 is 1.83 bits per heavy atom. The quantitative estimate of drug-likeness (QED) is 0.903. The molecule has 1 aromatic rings. The number of anilines is 1. The third-order valence-corrected chi connectivity index (χ3v) is 4.52. The first-order chi connectivity index (χ1) is 11.5. The van der Waals surface area contributed by atoms with E-state index < -0.39 is 0 Å². The summed E-state index contributed by atoms with van der Waals surface area (Å²) in [4.78, 5) is 26.6. The Hall–Kier alpha value is -2.04. The minimum absolute atomic E-state index is 0.000764. The minimum atomic E-state index is -0.118. The van der Waals surface area contributed by atoms with E-state index in [1.807, 2.05) is 43.0 Å². The van der Waals surface area contributed by atoms with Crippen molar-refractivity contribution in [3.8, 4) is 5.75 Å². The maximum Gasteiger partial charge on any atom is 0.229 e. The zero-order valence-electron chi connectivity index (χ0n) is 14.5. The molecule has 24 heavy (non-hydrogen) atoms. The van der Waals surface area contributed by atoms with Crippen LogP contribution in [0.1, 0.15) is 39.5 Å². The predicted molar refractivity (Wildman–Crippen MR) is 92.9 cm³/mol. The van der Waals surface area contributed by atoms with Crippen LogP contribution in [0, 0.1) is 11.8 Å². The van der Waals surface area contributed by atoms with Crippen molar-refractivity contribution in [1.82, 2.24) is 4.90 Å². The van der Waals surface area contributed by atoms with Gasteiger partial charge in [-0.25, -0.2) is 0 Å². The molecule has 1 saturated carbocycles. The molecule has 1 aliphatic carbocycles. The topological polar surface area (TPSA) is 58.6 Å². The fourth-order valence-electron chi connectivity index (χ4n) is 3.11. The number of carbonyl (C=O) groups excluding carboxylic acids is 2. The second kappa shape index (κ2) is 7.24. The first kappa shape index (κ1) is 16.8. The van der Waals surface area contributed by atoms with E-state index in [1.54, 1.807) is 0 Å². The number of hydrogen-bond donors (Lipinski definition) is 1. The molecule has 0 bridgehead atoms. The van der Waals surface area contributed by atoms with Gasteiger partial charge in [0.05, 0.1) is 12.0 Å². The minimum Gasteiger partial charge on any atom is -0.491 e. The highest BCUT2D eigenvalue weighted by Gasteiger charge is 2.36. The first-order valence-corrected chi connectivity index (χ1v) is 8.89. The van der Waals surface area contributed by atoms with Gasteiger partial charge in [-0.05, 0) is 63.8 Å². The molecule has 1 heterocycles. The summed E-state index contributed by atoms with van der Waals surface area (Å²) >= 11 is 0. The van der Waals surface area contributed by atoms with E-state index in [2.05, 4.69) is 5.32 Å². The van der Waals surface area contributed by atoms with Gasteiger partial charge in [-0.2, -0.15) is 0 Å². The van der Waals surface area contributed by atoms with Crippen LogP contribution in [0.15, 0.2) is 24.3 Å². The molecule has 3 rings (SSSR count). The highest BCUT2D eigenvalue weighted by Crippen LogP contribution is 2.32. The molecule has 1 aromatic carbocycles. The molecule has 2 fully saturated rings. The van der Waals surface area contributed by atoms with Crippen LogP contribution in [0.2, 0.25) is 0 Å². The summed E-state index contributed by atoms with van der Waals surface area (Å²) in [6, 6.07) is 7.43. The van der Waals surface area contributed by atoms with Gasteiger partial charge >= 0.3 is 0 Å². The molecule has 2 aliphatic rings. The van der Waals surface area contributed by atoms with Crippen molar-refractivity contribution in [2.24, 2.45) is 11.8 Å². The van der Waals surface area contributed by atoms with Gasteiger partial charge in [0.25, 0.3) is 0 Å². The van der Waals surface area contributed by atoms with Crippen molar-refractivity contribution in [3.05, 3.63) is 24.3 Å². The number of benzene rings is 1. The second-order valence-electron chi connectivity index (χ2n) is 7.08. The molecule has 1 saturated heterocycles. The molecule has 130 valence electrons. The van der Waals surface area contributed by atoms with Gasteiger partial charge in [-0.3, -0.25) is 9.59 Å². The standard InChI is InChI=1S/C19H26N2O3/c1-13(2)24-17-9-7-16(8-10-17)20-18(22)15-4-3-11-21(12-15)19(23)14-5-6-14/h7-10,13-15H,3-6,11-12H2,1-2H3,(H,20,22)/t15-/m1/s1. The van der Waals surface area contributed by atoms with Crippen molar-refractivity contribution in [2.45, 2.75) is 45.6 Å². The first-order valence-electron chi connectivity index (χ1n) is 8.89. The van der Waals surface area contributed by atoms with Crippen LogP contribution < -0.4 is 10.1 Å². The van der Waals surface area contributed by atoms with Gasteiger partial charge in [0.2, 0.25) is 11.8 Å². The van der Waals surface area contributed by atoms with Gasteiger partial charge in [-0.1, -0.05) is 0 Å². The summed E-state index contributed by atoms with van der Waals surface area (Å²) in [7, 11) is 0. The van der Waals surface area contributed by atoms with Crippen LogP contribution in [0.5, 0.6) is 5.75 Å². The zero-order chi connectivity index (χ0) is 17.1. The number of hydrogen-bond acceptors (Lipinski definition) is 3. The summed E-state index contributed by atoms with van der Waals surface area (Å²) in [5.74, 6) is 1.14. The lowest BCUT2D eigenvalue weighted by Gasteiger charge is -2.32. The smallest absolute Gasteiger partial charge is 0.229 e. The van der Waals surface area contributed by atoms with Crippen molar-refractivity contribution in [3.63, 3.8) is 0 Å². The summed E-state index contributed by atoms with van der Waals surface area (Å²) in [6.45, 7) is 5.30. The van der Waals surface area contributed by atoms with Crippen molar-refractivity contribution >= 4 is 17.5 Å². The van der Waals surface area contributed by atoms with Gasteiger partial charge in [0.1, 0.15) is 5.75 Å². The molecule has 0 spiro atoms. The Morgan fingerprint density at radius 1 is 1.12 bits per heavy atom. The monoisotopic (exact) mass is 330 g/mol. The lowest BCUT2D eigenvalue weighted by Crippen LogP contribution is -2.44. The molecule has 1 N–H and O–H groups in total. The average molecular weight is 330 g/mol. The summed E-state index contributed by atoms with van der Waals surface area (Å²) in [5, 5.41) is 2.96. The fraction of sp³-hybridized carbons (Fsp3) is 0.579. The van der Waals surface area contributed by atoms with Gasteiger partial charge in [-0.15, -0.1) is 0 Å². The highest BCUT2D eigenvalue weighted by molar-refractivity contribution is 5.93. The molecule has 5 nitrogen and oxygen atoms in total. The Labute approximate surface area is 143 Å². The number of carbonyl (C=O) groups is 2. The van der Waals surface area contributed by atoms with E-state index in [0.29, 0.717) is 6.54 Å². The number of piperidine rings is 1. The van der Waals surface area contributed by atoms with E-state index in [1.165, 1.54) is 0 Å². The number of nitrogens with zero attached hydrogens (tertiary/aromatic N) is 1. The predicted octanol–water partition coefficient (Wildman–Crippen LogP) is 3.06. The van der Waals surface area contributed by atoms with Crippen LogP contribution in [-0.4, -0.2) is 35.9 Å². The third-order valence-electron chi connectivity index (χ3n) is 4.52. The van der Waals surface area contributed by atoms with Crippen LogP contribution in [0.3, 0.4) is 0 Å². The Morgan fingerprint density at radius 3 is 2.46 bits per heavy atom. The van der Waals surface area contributed by atoms with E-state index >= 15 is 0 Å². The number of ether oxygens (including phenoxy) is 1. The second-order valence-corrected chi connectivity index (χ2v) is 7.08. The fourth-order valence-corrected chi connectivity index (χ4v) is 3.11. The molecular weight excluding hydrogens is 304 g/mol. The van der Waals surface area contributed by atoms with Crippen molar-refractivity contribution in [2.75, 3.05) is 18.4 Å². The Bertz CT molecular complexity index is 593. The highest BCUT2D eigenvalue weighted by atomic mass is 16.5. The molecule has 0 aromatic heterocycles. The van der Waals surface area contributed by atoms with Crippen LogP contribution in [0.4, 0.5) is 5.69 Å². The average Bonchev–Trinajstić information content (AvgIpc) is 3.40. The molecule has 1 aliphatic heterocycles.